The third-order valence-corrected chi connectivity index (χ3v) is 3.78. The number of rotatable bonds is 4. The molecule has 3 heterocycles. The summed E-state index contributed by atoms with van der Waals surface area (Å²) in [7, 11) is 0. The Hall–Kier alpha value is -1.93. The molecule has 0 unspecified atom stereocenters. The van der Waals surface area contributed by atoms with Crippen molar-refractivity contribution in [3.8, 4) is 0 Å². The van der Waals surface area contributed by atoms with Crippen molar-refractivity contribution < 1.29 is 13.9 Å². The Labute approximate surface area is 119 Å². The second-order valence-electron chi connectivity index (χ2n) is 4.38. The highest BCUT2D eigenvalue weighted by molar-refractivity contribution is 7.13. The molecule has 0 radical (unpaired) electrons. The Balaban J connectivity index is 1.52. The van der Waals surface area contributed by atoms with Crippen LogP contribution in [-0.4, -0.2) is 48.4 Å². The zero-order valence-electron chi connectivity index (χ0n) is 10.7. The number of nitrogens with one attached hydrogen (secondary N) is 1. The number of carbonyl (C=O) groups excluding carboxylic acids is 1. The number of morpholine rings is 1. The molecule has 1 aliphatic rings. The van der Waals surface area contributed by atoms with E-state index in [1.54, 1.807) is 11.6 Å². The minimum atomic E-state index is -0.157. The summed E-state index contributed by atoms with van der Waals surface area (Å²) in [5.41, 5.74) is 2.22. The first kappa shape index (κ1) is 13.1. The van der Waals surface area contributed by atoms with E-state index < -0.39 is 0 Å². The first-order valence-electron chi connectivity index (χ1n) is 6.26. The summed E-state index contributed by atoms with van der Waals surface area (Å²) >= 11 is 1.50. The first-order valence-corrected chi connectivity index (χ1v) is 7.14. The van der Waals surface area contributed by atoms with Crippen molar-refractivity contribution in [3.05, 3.63) is 29.7 Å². The standard InChI is InChI=1S/C12H14N4O3S/c17-11(9-1-3-18-7-9)13-5-10-6-16(2-4-19-10)12-15-14-8-20-12/h1,3,7-8,10H,2,4-6H2,(H,13,17)/t10-/m0/s1. The molecule has 0 aromatic carbocycles. The third-order valence-electron chi connectivity index (χ3n) is 3.03. The van der Waals surface area contributed by atoms with Gasteiger partial charge in [-0.05, 0) is 6.07 Å². The maximum Gasteiger partial charge on any atom is 0.254 e. The van der Waals surface area contributed by atoms with E-state index in [1.807, 2.05) is 0 Å². The number of nitrogens with zero attached hydrogens (tertiary/aromatic N) is 3. The van der Waals surface area contributed by atoms with Crippen LogP contribution in [-0.2, 0) is 4.74 Å². The largest absolute Gasteiger partial charge is 0.472 e. The lowest BCUT2D eigenvalue weighted by Gasteiger charge is -2.32. The molecule has 7 nitrogen and oxygen atoms in total. The van der Waals surface area contributed by atoms with Gasteiger partial charge in [-0.1, -0.05) is 11.3 Å². The molecule has 1 N–H and O–H groups in total. The van der Waals surface area contributed by atoms with Crippen LogP contribution in [0.25, 0.3) is 0 Å². The van der Waals surface area contributed by atoms with Crippen LogP contribution in [0.2, 0.25) is 0 Å². The minimum absolute atomic E-state index is 0.0523. The smallest absolute Gasteiger partial charge is 0.254 e. The summed E-state index contributed by atoms with van der Waals surface area (Å²) in [5, 5.41) is 11.6. The Morgan fingerprint density at radius 2 is 2.55 bits per heavy atom. The number of hydrogen-bond donors (Lipinski definition) is 1. The van der Waals surface area contributed by atoms with Crippen LogP contribution in [0.1, 0.15) is 10.4 Å². The molecule has 0 bridgehead atoms. The zero-order chi connectivity index (χ0) is 13.8. The first-order chi connectivity index (χ1) is 9.83. The summed E-state index contributed by atoms with van der Waals surface area (Å²) in [6.07, 6.45) is 2.84. The highest BCUT2D eigenvalue weighted by Gasteiger charge is 2.23. The highest BCUT2D eigenvalue weighted by atomic mass is 32.1. The molecule has 2 aromatic rings. The van der Waals surface area contributed by atoms with Gasteiger partial charge in [0.2, 0.25) is 5.13 Å². The number of ether oxygens (including phenoxy) is 1. The Kier molecular flexibility index (Phi) is 3.93. The van der Waals surface area contributed by atoms with Crippen LogP contribution in [0.5, 0.6) is 0 Å². The number of amides is 1. The van der Waals surface area contributed by atoms with Gasteiger partial charge in [0.1, 0.15) is 11.8 Å². The van der Waals surface area contributed by atoms with E-state index in [-0.39, 0.29) is 12.0 Å². The zero-order valence-corrected chi connectivity index (χ0v) is 11.5. The van der Waals surface area contributed by atoms with Gasteiger partial charge in [0.05, 0.1) is 24.5 Å². The monoisotopic (exact) mass is 294 g/mol. The molecule has 8 heteroatoms. The Morgan fingerprint density at radius 1 is 1.60 bits per heavy atom. The lowest BCUT2D eigenvalue weighted by molar-refractivity contribution is 0.0396. The van der Waals surface area contributed by atoms with Crippen LogP contribution in [0.4, 0.5) is 5.13 Å². The van der Waals surface area contributed by atoms with E-state index in [2.05, 4.69) is 20.4 Å². The molecule has 1 amide bonds. The highest BCUT2D eigenvalue weighted by Crippen LogP contribution is 2.18. The van der Waals surface area contributed by atoms with Crippen LogP contribution >= 0.6 is 11.3 Å². The average molecular weight is 294 g/mol. The van der Waals surface area contributed by atoms with Crippen molar-refractivity contribution in [2.75, 3.05) is 31.1 Å². The molecule has 0 saturated carbocycles. The summed E-state index contributed by atoms with van der Waals surface area (Å²) in [6, 6.07) is 1.63. The number of furan rings is 1. The lowest BCUT2D eigenvalue weighted by Crippen LogP contribution is -2.47. The SMILES string of the molecule is O=C(NC[C@H]1CN(c2nncs2)CCO1)c1ccoc1. The molecule has 0 aliphatic carbocycles. The van der Waals surface area contributed by atoms with E-state index in [0.29, 0.717) is 25.3 Å². The van der Waals surface area contributed by atoms with Crippen LogP contribution < -0.4 is 10.2 Å². The molecular weight excluding hydrogens is 280 g/mol. The van der Waals surface area contributed by atoms with E-state index >= 15 is 0 Å². The topological polar surface area (TPSA) is 80.5 Å². The average Bonchev–Trinajstić information content (AvgIpc) is 3.17. The minimum Gasteiger partial charge on any atom is -0.472 e. The Bertz CT molecular complexity index is 543. The van der Waals surface area contributed by atoms with Crippen molar-refractivity contribution in [2.45, 2.75) is 6.10 Å². The number of carbonyl (C=O) groups is 1. The van der Waals surface area contributed by atoms with E-state index in [1.165, 1.54) is 23.9 Å². The van der Waals surface area contributed by atoms with E-state index in [4.69, 9.17) is 9.15 Å². The fraction of sp³-hybridized carbons (Fsp3) is 0.417. The van der Waals surface area contributed by atoms with Crippen LogP contribution in [0, 0.1) is 0 Å². The van der Waals surface area contributed by atoms with Gasteiger partial charge in [0.25, 0.3) is 5.91 Å². The van der Waals surface area contributed by atoms with Crippen molar-refractivity contribution in [3.63, 3.8) is 0 Å². The molecule has 106 valence electrons. The maximum absolute atomic E-state index is 11.8. The second-order valence-corrected chi connectivity index (χ2v) is 5.19. The molecule has 2 aromatic heterocycles. The van der Waals surface area contributed by atoms with Gasteiger partial charge in [0.15, 0.2) is 0 Å². The van der Waals surface area contributed by atoms with Gasteiger partial charge in [-0.3, -0.25) is 4.79 Å². The van der Waals surface area contributed by atoms with Gasteiger partial charge in [-0.15, -0.1) is 10.2 Å². The van der Waals surface area contributed by atoms with Crippen molar-refractivity contribution in [1.29, 1.82) is 0 Å². The fourth-order valence-electron chi connectivity index (χ4n) is 2.02. The molecular formula is C12H14N4O3S. The lowest BCUT2D eigenvalue weighted by atomic mass is 10.2. The van der Waals surface area contributed by atoms with Gasteiger partial charge in [0, 0.05) is 19.6 Å². The summed E-state index contributed by atoms with van der Waals surface area (Å²) in [5.74, 6) is -0.157. The normalized spacial score (nSPS) is 19.0. The fourth-order valence-corrected chi connectivity index (χ4v) is 2.62. The van der Waals surface area contributed by atoms with Gasteiger partial charge in [-0.25, -0.2) is 0 Å². The number of aromatic nitrogens is 2. The van der Waals surface area contributed by atoms with Crippen LogP contribution in [0.15, 0.2) is 28.5 Å². The molecule has 0 spiro atoms. The van der Waals surface area contributed by atoms with Gasteiger partial charge >= 0.3 is 0 Å². The molecule has 3 rings (SSSR count). The Morgan fingerprint density at radius 3 is 3.30 bits per heavy atom. The third kappa shape index (κ3) is 2.97. The van der Waals surface area contributed by atoms with Gasteiger partial charge in [-0.2, -0.15) is 0 Å². The second kappa shape index (κ2) is 6.02. The summed E-state index contributed by atoms with van der Waals surface area (Å²) in [4.78, 5) is 13.9. The van der Waals surface area contributed by atoms with E-state index in [9.17, 15) is 4.79 Å². The van der Waals surface area contributed by atoms with Crippen molar-refractivity contribution >= 4 is 22.4 Å². The molecule has 1 fully saturated rings. The van der Waals surface area contributed by atoms with Crippen LogP contribution in [0.3, 0.4) is 0 Å². The van der Waals surface area contributed by atoms with Gasteiger partial charge < -0.3 is 19.4 Å². The molecule has 1 atom stereocenters. The maximum atomic E-state index is 11.8. The number of anilines is 1. The summed E-state index contributed by atoms with van der Waals surface area (Å²) in [6.45, 7) is 2.56. The van der Waals surface area contributed by atoms with Crippen molar-refractivity contribution in [2.24, 2.45) is 0 Å². The van der Waals surface area contributed by atoms with E-state index in [0.717, 1.165) is 11.7 Å². The quantitative estimate of drug-likeness (QED) is 0.897. The molecule has 1 aliphatic heterocycles. The predicted octanol–water partition coefficient (Wildman–Crippen LogP) is 0.766. The number of hydrogen-bond acceptors (Lipinski definition) is 7. The summed E-state index contributed by atoms with van der Waals surface area (Å²) < 4.78 is 10.5. The van der Waals surface area contributed by atoms with Crippen molar-refractivity contribution in [1.82, 2.24) is 15.5 Å². The molecule has 1 saturated heterocycles. The predicted molar refractivity (Wildman–Crippen MR) is 72.9 cm³/mol. The molecule has 20 heavy (non-hydrogen) atoms.